The number of rotatable bonds is 5. The van der Waals surface area contributed by atoms with E-state index in [1.54, 1.807) is 12.1 Å². The zero-order valence-corrected chi connectivity index (χ0v) is 11.8. The third-order valence-electron chi connectivity index (χ3n) is 2.49. The number of carbonyl (C=O) groups excluding carboxylic acids is 1. The lowest BCUT2D eigenvalue weighted by molar-refractivity contribution is 0.238. The maximum absolute atomic E-state index is 11.4. The SMILES string of the molecule is CCCNC(=O)NCc1nc(-c2cccc(Cl)c2)no1. The van der Waals surface area contributed by atoms with Gasteiger partial charge in [-0.25, -0.2) is 4.79 Å². The Balaban J connectivity index is 1.94. The standard InChI is InChI=1S/C13H15ClN4O2/c1-2-6-15-13(19)16-8-11-17-12(18-20-11)9-4-3-5-10(14)7-9/h3-5,7H,2,6,8H2,1H3,(H2,15,16,19). The van der Waals surface area contributed by atoms with Crippen LogP contribution in [0.25, 0.3) is 11.4 Å². The third-order valence-corrected chi connectivity index (χ3v) is 2.72. The fourth-order valence-electron chi connectivity index (χ4n) is 1.53. The second-order valence-corrected chi connectivity index (χ2v) is 4.57. The van der Waals surface area contributed by atoms with Gasteiger partial charge in [-0.2, -0.15) is 4.98 Å². The molecule has 2 rings (SSSR count). The lowest BCUT2D eigenvalue weighted by Crippen LogP contribution is -2.35. The topological polar surface area (TPSA) is 80.0 Å². The summed E-state index contributed by atoms with van der Waals surface area (Å²) in [6.45, 7) is 2.79. The molecule has 0 fully saturated rings. The normalized spacial score (nSPS) is 10.3. The van der Waals surface area contributed by atoms with Crippen molar-refractivity contribution < 1.29 is 9.32 Å². The highest BCUT2D eigenvalue weighted by molar-refractivity contribution is 6.30. The molecule has 0 saturated heterocycles. The highest BCUT2D eigenvalue weighted by atomic mass is 35.5. The zero-order valence-electron chi connectivity index (χ0n) is 11.0. The summed E-state index contributed by atoms with van der Waals surface area (Å²) in [6.07, 6.45) is 0.882. The number of benzene rings is 1. The predicted octanol–water partition coefficient (Wildman–Crippen LogP) is 2.60. The van der Waals surface area contributed by atoms with E-state index in [0.29, 0.717) is 23.3 Å². The Morgan fingerprint density at radius 1 is 1.40 bits per heavy atom. The Morgan fingerprint density at radius 2 is 2.25 bits per heavy atom. The number of hydrogen-bond acceptors (Lipinski definition) is 4. The molecule has 0 saturated carbocycles. The van der Waals surface area contributed by atoms with E-state index in [9.17, 15) is 4.79 Å². The van der Waals surface area contributed by atoms with Crippen molar-refractivity contribution in [2.75, 3.05) is 6.54 Å². The molecule has 0 aliphatic heterocycles. The minimum absolute atomic E-state index is 0.184. The van der Waals surface area contributed by atoms with Crippen LogP contribution in [0.1, 0.15) is 19.2 Å². The van der Waals surface area contributed by atoms with Crippen molar-refractivity contribution in [2.45, 2.75) is 19.9 Å². The fraction of sp³-hybridized carbons (Fsp3) is 0.308. The third kappa shape index (κ3) is 3.96. The van der Waals surface area contributed by atoms with Gasteiger partial charge in [0, 0.05) is 17.1 Å². The van der Waals surface area contributed by atoms with E-state index in [4.69, 9.17) is 16.1 Å². The molecule has 106 valence electrons. The largest absolute Gasteiger partial charge is 0.338 e. The molecule has 7 heteroatoms. The number of nitrogens with zero attached hydrogens (tertiary/aromatic N) is 2. The van der Waals surface area contributed by atoms with Gasteiger partial charge in [-0.15, -0.1) is 0 Å². The average molecular weight is 295 g/mol. The minimum atomic E-state index is -0.255. The van der Waals surface area contributed by atoms with E-state index in [0.717, 1.165) is 12.0 Å². The first kappa shape index (κ1) is 14.3. The lowest BCUT2D eigenvalue weighted by atomic mass is 10.2. The van der Waals surface area contributed by atoms with Crippen molar-refractivity contribution in [1.29, 1.82) is 0 Å². The van der Waals surface area contributed by atoms with E-state index in [2.05, 4.69) is 20.8 Å². The number of carbonyl (C=O) groups is 1. The van der Waals surface area contributed by atoms with Crippen LogP contribution in [-0.2, 0) is 6.54 Å². The molecule has 0 spiro atoms. The minimum Gasteiger partial charge on any atom is -0.338 e. The molecular formula is C13H15ClN4O2. The molecular weight excluding hydrogens is 280 g/mol. The zero-order chi connectivity index (χ0) is 14.4. The first-order valence-electron chi connectivity index (χ1n) is 6.29. The Hall–Kier alpha value is -2.08. The Kier molecular flexibility index (Phi) is 4.95. The molecule has 2 N–H and O–H groups in total. The molecule has 2 aromatic rings. The Bertz CT molecular complexity index is 585. The summed E-state index contributed by atoms with van der Waals surface area (Å²) in [5.74, 6) is 0.782. The molecule has 0 atom stereocenters. The van der Waals surface area contributed by atoms with Gasteiger partial charge in [0.15, 0.2) is 0 Å². The van der Waals surface area contributed by atoms with Gasteiger partial charge in [-0.3, -0.25) is 0 Å². The smallest absolute Gasteiger partial charge is 0.315 e. The summed E-state index contributed by atoms with van der Waals surface area (Å²) >= 11 is 5.90. The maximum atomic E-state index is 11.4. The molecule has 0 bridgehead atoms. The molecule has 0 aliphatic carbocycles. The summed E-state index contributed by atoms with van der Waals surface area (Å²) in [5.41, 5.74) is 0.767. The molecule has 20 heavy (non-hydrogen) atoms. The number of halogens is 1. The van der Waals surface area contributed by atoms with E-state index in [1.165, 1.54) is 0 Å². The van der Waals surface area contributed by atoms with Crippen LogP contribution in [0.4, 0.5) is 4.79 Å². The lowest BCUT2D eigenvalue weighted by Gasteiger charge is -2.03. The highest BCUT2D eigenvalue weighted by Gasteiger charge is 2.09. The van der Waals surface area contributed by atoms with Gasteiger partial charge in [-0.05, 0) is 18.6 Å². The van der Waals surface area contributed by atoms with Gasteiger partial charge in [0.25, 0.3) is 0 Å². The molecule has 0 unspecified atom stereocenters. The molecule has 1 aromatic carbocycles. The number of urea groups is 1. The van der Waals surface area contributed by atoms with Crippen molar-refractivity contribution in [1.82, 2.24) is 20.8 Å². The molecule has 6 nitrogen and oxygen atoms in total. The number of nitrogens with one attached hydrogen (secondary N) is 2. The molecule has 0 aliphatic rings. The summed E-state index contributed by atoms with van der Waals surface area (Å²) in [7, 11) is 0. The number of amides is 2. The van der Waals surface area contributed by atoms with Crippen molar-refractivity contribution in [3.05, 3.63) is 35.2 Å². The summed E-state index contributed by atoms with van der Waals surface area (Å²) in [4.78, 5) is 15.6. The second-order valence-electron chi connectivity index (χ2n) is 4.13. The van der Waals surface area contributed by atoms with Crippen molar-refractivity contribution in [2.24, 2.45) is 0 Å². The van der Waals surface area contributed by atoms with Crippen LogP contribution in [0.3, 0.4) is 0 Å². The Morgan fingerprint density at radius 3 is 3.00 bits per heavy atom. The van der Waals surface area contributed by atoms with E-state index in [1.807, 2.05) is 19.1 Å². The van der Waals surface area contributed by atoms with Crippen molar-refractivity contribution in [3.63, 3.8) is 0 Å². The van der Waals surface area contributed by atoms with Crippen LogP contribution in [0.5, 0.6) is 0 Å². The van der Waals surface area contributed by atoms with Crippen LogP contribution in [-0.4, -0.2) is 22.7 Å². The van der Waals surface area contributed by atoms with Gasteiger partial charge in [0.05, 0.1) is 6.54 Å². The fourth-order valence-corrected chi connectivity index (χ4v) is 1.72. The average Bonchev–Trinajstić information content (AvgIpc) is 2.92. The highest BCUT2D eigenvalue weighted by Crippen LogP contribution is 2.19. The second kappa shape index (κ2) is 6.91. The van der Waals surface area contributed by atoms with Crippen molar-refractivity contribution >= 4 is 17.6 Å². The monoisotopic (exact) mass is 294 g/mol. The summed E-state index contributed by atoms with van der Waals surface area (Å²) in [6, 6.07) is 6.91. The predicted molar refractivity (Wildman–Crippen MR) is 75.3 cm³/mol. The molecule has 1 heterocycles. The van der Waals surface area contributed by atoms with E-state index < -0.39 is 0 Å². The van der Waals surface area contributed by atoms with Crippen LogP contribution in [0.15, 0.2) is 28.8 Å². The van der Waals surface area contributed by atoms with Gasteiger partial charge in [0.2, 0.25) is 11.7 Å². The first-order chi connectivity index (χ1) is 9.69. The van der Waals surface area contributed by atoms with Gasteiger partial charge >= 0.3 is 6.03 Å². The molecule has 2 amide bonds. The van der Waals surface area contributed by atoms with Gasteiger partial charge < -0.3 is 15.2 Å². The molecule has 0 radical (unpaired) electrons. The Labute approximate surface area is 121 Å². The van der Waals surface area contributed by atoms with Gasteiger partial charge in [-0.1, -0.05) is 35.8 Å². The quantitative estimate of drug-likeness (QED) is 0.888. The first-order valence-corrected chi connectivity index (χ1v) is 6.67. The summed E-state index contributed by atoms with van der Waals surface area (Å²) < 4.78 is 5.07. The van der Waals surface area contributed by atoms with Gasteiger partial charge in [0.1, 0.15) is 0 Å². The van der Waals surface area contributed by atoms with Crippen LogP contribution >= 0.6 is 11.6 Å². The van der Waals surface area contributed by atoms with Crippen LogP contribution in [0, 0.1) is 0 Å². The van der Waals surface area contributed by atoms with E-state index >= 15 is 0 Å². The van der Waals surface area contributed by atoms with Crippen molar-refractivity contribution in [3.8, 4) is 11.4 Å². The van der Waals surface area contributed by atoms with Crippen LogP contribution in [0.2, 0.25) is 5.02 Å². The van der Waals surface area contributed by atoms with Crippen LogP contribution < -0.4 is 10.6 Å². The van der Waals surface area contributed by atoms with E-state index in [-0.39, 0.29) is 12.6 Å². The molecule has 1 aromatic heterocycles. The summed E-state index contributed by atoms with van der Waals surface area (Å²) in [5, 5.41) is 9.78. The number of hydrogen-bond donors (Lipinski definition) is 2. The number of aromatic nitrogens is 2. The maximum Gasteiger partial charge on any atom is 0.315 e.